The van der Waals surface area contributed by atoms with Gasteiger partial charge in [-0.15, -0.1) is 0 Å². The van der Waals surface area contributed by atoms with Gasteiger partial charge in [-0.25, -0.2) is 0 Å². The zero-order valence-electron chi connectivity index (χ0n) is 6.52. The molecule has 1 heterocycles. The molecule has 0 N–H and O–H groups in total. The number of aryl methyl sites for hydroxylation is 2. The summed E-state index contributed by atoms with van der Waals surface area (Å²) in [7, 11) is 1.91. The number of hydrogen-bond acceptors (Lipinski definition) is 0. The second-order valence-electron chi connectivity index (χ2n) is 2.14. The highest BCUT2D eigenvalue weighted by Crippen LogP contribution is 2.02. The van der Waals surface area contributed by atoms with Crippen LogP contribution in [0.15, 0.2) is 12.2 Å². The summed E-state index contributed by atoms with van der Waals surface area (Å²) in [6, 6.07) is 2.02. The monoisotopic (exact) mass is 110 g/mol. The molecule has 0 amide bonds. The van der Waals surface area contributed by atoms with Gasteiger partial charge < -0.3 is 4.57 Å². The number of aromatic nitrogens is 1. The molecule has 8 heavy (non-hydrogen) atoms. The average molecular weight is 110 g/mol. The van der Waals surface area contributed by atoms with Gasteiger partial charge in [0, 0.05) is 18.9 Å². The zero-order chi connectivity index (χ0) is 7.02. The number of nitrogens with zero attached hydrogens (tertiary/aromatic N) is 1. The summed E-state index contributed by atoms with van der Waals surface area (Å²) < 4.78 is 9.30. The molecule has 0 atom stereocenters. The van der Waals surface area contributed by atoms with Crippen LogP contribution in [0.4, 0.5) is 0 Å². The molecule has 44 valence electrons. The summed E-state index contributed by atoms with van der Waals surface area (Å²) in [4.78, 5) is 0. The maximum Gasteiger partial charge on any atom is 0.0821 e. The first-order chi connectivity index (χ1) is 4.13. The highest BCUT2D eigenvalue weighted by molar-refractivity contribution is 5.14. The van der Waals surface area contributed by atoms with Gasteiger partial charge in [-0.3, -0.25) is 0 Å². The third kappa shape index (κ3) is 0.760. The van der Waals surface area contributed by atoms with Crippen LogP contribution in [0.3, 0.4) is 0 Å². The van der Waals surface area contributed by atoms with Gasteiger partial charge in [0.05, 0.1) is 1.37 Å². The molecule has 0 saturated carbocycles. The van der Waals surface area contributed by atoms with Crippen LogP contribution >= 0.6 is 0 Å². The van der Waals surface area contributed by atoms with E-state index in [1.807, 2.05) is 31.5 Å². The Hall–Kier alpha value is -0.720. The minimum absolute atomic E-state index is 0.618. The lowest BCUT2D eigenvalue weighted by Crippen LogP contribution is -1.84. The van der Waals surface area contributed by atoms with Gasteiger partial charge in [-0.2, -0.15) is 0 Å². The molecule has 0 unspecified atom stereocenters. The Bertz CT molecular complexity index is 203. The summed E-state index contributed by atoms with van der Waals surface area (Å²) in [5.41, 5.74) is 2.20. The van der Waals surface area contributed by atoms with Crippen LogP contribution in [-0.2, 0) is 7.05 Å². The van der Waals surface area contributed by atoms with E-state index >= 15 is 0 Å². The number of hydrogen-bond donors (Lipinski definition) is 0. The van der Waals surface area contributed by atoms with E-state index in [1.54, 1.807) is 0 Å². The van der Waals surface area contributed by atoms with Gasteiger partial charge in [0.15, 0.2) is 0 Å². The highest BCUT2D eigenvalue weighted by Gasteiger charge is 1.89. The van der Waals surface area contributed by atoms with Crippen LogP contribution in [-0.4, -0.2) is 4.57 Å². The van der Waals surface area contributed by atoms with Crippen molar-refractivity contribution in [2.75, 3.05) is 0 Å². The van der Waals surface area contributed by atoms with Crippen molar-refractivity contribution in [3.05, 3.63) is 23.5 Å². The molecule has 1 heteroatoms. The van der Waals surface area contributed by atoms with Crippen LogP contribution in [0.2, 0.25) is 0 Å². The first-order valence-electron chi connectivity index (χ1n) is 3.22. The Morgan fingerprint density at radius 2 is 2.25 bits per heavy atom. The van der Waals surface area contributed by atoms with E-state index in [2.05, 4.69) is 0 Å². The average Bonchev–Trinajstić information content (AvgIpc) is 1.98. The van der Waals surface area contributed by atoms with Gasteiger partial charge in [-0.1, -0.05) is 0 Å². The number of rotatable bonds is 0. The van der Waals surface area contributed by atoms with Gasteiger partial charge in [-0.05, 0) is 25.5 Å². The second-order valence-corrected chi connectivity index (χ2v) is 2.14. The summed E-state index contributed by atoms with van der Waals surface area (Å²) in [5.74, 6) is 0. The lowest BCUT2D eigenvalue weighted by molar-refractivity contribution is 0.880. The Morgan fingerprint density at radius 3 is 2.38 bits per heavy atom. The quantitative estimate of drug-likeness (QED) is 0.478. The van der Waals surface area contributed by atoms with Gasteiger partial charge in [0.25, 0.3) is 0 Å². The minimum atomic E-state index is 0.618. The van der Waals surface area contributed by atoms with Gasteiger partial charge >= 0.3 is 0 Å². The molecule has 0 spiro atoms. The van der Waals surface area contributed by atoms with Crippen LogP contribution in [0, 0.1) is 13.8 Å². The third-order valence-corrected chi connectivity index (χ3v) is 1.30. The maximum absolute atomic E-state index is 7.43. The summed E-state index contributed by atoms with van der Waals surface area (Å²) >= 11 is 0. The molecule has 1 aromatic rings. The molecule has 0 fully saturated rings. The predicted octanol–water partition coefficient (Wildman–Crippen LogP) is 1.64. The Kier molecular flexibility index (Phi) is 0.867. The van der Waals surface area contributed by atoms with Crippen molar-refractivity contribution in [1.82, 2.24) is 4.57 Å². The first-order valence-corrected chi connectivity index (χ1v) is 2.72. The predicted molar refractivity (Wildman–Crippen MR) is 34.9 cm³/mol. The lowest BCUT2D eigenvalue weighted by atomic mass is 10.4. The van der Waals surface area contributed by atoms with Crippen molar-refractivity contribution in [1.29, 1.82) is 0 Å². The van der Waals surface area contributed by atoms with Crippen molar-refractivity contribution < 1.29 is 1.37 Å². The van der Waals surface area contributed by atoms with E-state index in [0.717, 1.165) is 11.3 Å². The molecular formula is C7H11N. The SMILES string of the molecule is [2H]c1c(C)cc(C)n1C. The fraction of sp³-hybridized carbons (Fsp3) is 0.429. The smallest absolute Gasteiger partial charge is 0.0821 e. The normalized spacial score (nSPS) is 11.6. The lowest BCUT2D eigenvalue weighted by Gasteiger charge is -1.89. The van der Waals surface area contributed by atoms with Crippen LogP contribution < -0.4 is 0 Å². The van der Waals surface area contributed by atoms with Crippen molar-refractivity contribution in [2.45, 2.75) is 13.8 Å². The highest BCUT2D eigenvalue weighted by atomic mass is 14.9. The molecule has 1 aromatic heterocycles. The Morgan fingerprint density at radius 1 is 1.62 bits per heavy atom. The summed E-state index contributed by atoms with van der Waals surface area (Å²) in [6.45, 7) is 3.96. The van der Waals surface area contributed by atoms with Crippen molar-refractivity contribution in [3.8, 4) is 0 Å². The van der Waals surface area contributed by atoms with Crippen molar-refractivity contribution >= 4 is 0 Å². The molecule has 1 nitrogen and oxygen atoms in total. The summed E-state index contributed by atoms with van der Waals surface area (Å²) in [5, 5.41) is 0. The van der Waals surface area contributed by atoms with E-state index in [0.29, 0.717) is 6.17 Å². The van der Waals surface area contributed by atoms with Gasteiger partial charge in [0.1, 0.15) is 0 Å². The molecule has 0 aromatic carbocycles. The Labute approximate surface area is 51.4 Å². The van der Waals surface area contributed by atoms with E-state index in [1.165, 1.54) is 0 Å². The topological polar surface area (TPSA) is 4.93 Å². The molecule has 0 saturated heterocycles. The zero-order valence-corrected chi connectivity index (χ0v) is 5.52. The van der Waals surface area contributed by atoms with Crippen molar-refractivity contribution in [2.24, 2.45) is 7.05 Å². The second kappa shape index (κ2) is 1.66. The van der Waals surface area contributed by atoms with Crippen LogP contribution in [0.1, 0.15) is 12.6 Å². The molecule has 0 aliphatic carbocycles. The summed E-state index contributed by atoms with van der Waals surface area (Å²) in [6.07, 6.45) is 0.618. The third-order valence-electron chi connectivity index (χ3n) is 1.30. The molecule has 1 rings (SSSR count). The fourth-order valence-corrected chi connectivity index (χ4v) is 0.795. The van der Waals surface area contributed by atoms with E-state index in [4.69, 9.17) is 1.37 Å². The van der Waals surface area contributed by atoms with E-state index < -0.39 is 0 Å². The molecule has 0 bridgehead atoms. The largest absolute Gasteiger partial charge is 0.354 e. The standard InChI is InChI=1S/C7H11N/c1-6-4-7(2)8(3)5-6/h4-5H,1-3H3/i5D. The van der Waals surface area contributed by atoms with Crippen LogP contribution in [0.25, 0.3) is 0 Å². The molecule has 0 aliphatic rings. The van der Waals surface area contributed by atoms with E-state index in [9.17, 15) is 0 Å². The molecule has 0 radical (unpaired) electrons. The minimum Gasteiger partial charge on any atom is -0.354 e. The van der Waals surface area contributed by atoms with Crippen molar-refractivity contribution in [3.63, 3.8) is 0 Å². The maximum atomic E-state index is 7.43. The molecular weight excluding hydrogens is 98.1 g/mol. The van der Waals surface area contributed by atoms with Crippen LogP contribution in [0.5, 0.6) is 0 Å². The first kappa shape index (κ1) is 4.19. The van der Waals surface area contributed by atoms with E-state index in [-0.39, 0.29) is 0 Å². The Balaban J connectivity index is 3.29. The van der Waals surface area contributed by atoms with Gasteiger partial charge in [0.2, 0.25) is 0 Å². The molecule has 0 aliphatic heterocycles. The fourth-order valence-electron chi connectivity index (χ4n) is 0.795.